The van der Waals surface area contributed by atoms with Crippen LogP contribution in [0.25, 0.3) is 5.70 Å². The van der Waals surface area contributed by atoms with Crippen molar-refractivity contribution in [1.29, 1.82) is 0 Å². The molecule has 2 nitrogen and oxygen atoms in total. The van der Waals surface area contributed by atoms with Crippen LogP contribution in [0.2, 0.25) is 0 Å². The quantitative estimate of drug-likeness (QED) is 0.422. The van der Waals surface area contributed by atoms with Gasteiger partial charge < -0.3 is 10.1 Å². The zero-order chi connectivity index (χ0) is 26.6. The molecule has 1 fully saturated rings. The third-order valence-corrected chi connectivity index (χ3v) is 8.20. The van der Waals surface area contributed by atoms with Gasteiger partial charge in [-0.2, -0.15) is 0 Å². The van der Waals surface area contributed by atoms with E-state index in [0.29, 0.717) is 0 Å². The Kier molecular flexibility index (Phi) is 8.17. The maximum absolute atomic E-state index is 5.81. The van der Waals surface area contributed by atoms with Gasteiger partial charge in [0.15, 0.2) is 0 Å². The lowest BCUT2D eigenvalue weighted by Gasteiger charge is -2.39. The van der Waals surface area contributed by atoms with Crippen molar-refractivity contribution in [3.63, 3.8) is 0 Å². The molecular formula is C35H47NO. The Labute approximate surface area is 226 Å². The van der Waals surface area contributed by atoms with E-state index in [1.165, 1.54) is 42.4 Å². The van der Waals surface area contributed by atoms with Crippen LogP contribution < -0.4 is 10.1 Å². The lowest BCUT2D eigenvalue weighted by Crippen LogP contribution is -2.27. The molecule has 37 heavy (non-hydrogen) atoms. The predicted molar refractivity (Wildman–Crippen MR) is 161 cm³/mol. The van der Waals surface area contributed by atoms with Crippen molar-refractivity contribution in [1.82, 2.24) is 5.32 Å². The fourth-order valence-corrected chi connectivity index (χ4v) is 6.00. The Bertz CT molecular complexity index is 1220. The average Bonchev–Trinajstić information content (AvgIpc) is 3.25. The van der Waals surface area contributed by atoms with Gasteiger partial charge in [-0.3, -0.25) is 0 Å². The maximum Gasteiger partial charge on any atom is 0.119 e. The first-order valence-electron chi connectivity index (χ1n) is 14.3. The summed E-state index contributed by atoms with van der Waals surface area (Å²) in [6, 6.07) is 8.35. The lowest BCUT2D eigenvalue weighted by atomic mass is 9.65. The van der Waals surface area contributed by atoms with Gasteiger partial charge in [0.1, 0.15) is 5.75 Å². The normalized spacial score (nSPS) is 26.5. The summed E-state index contributed by atoms with van der Waals surface area (Å²) in [7, 11) is 0. The van der Waals surface area contributed by atoms with Crippen molar-refractivity contribution < 1.29 is 6.16 Å². The van der Waals surface area contributed by atoms with Crippen molar-refractivity contribution in [2.24, 2.45) is 10.8 Å². The summed E-state index contributed by atoms with van der Waals surface area (Å²) in [5.41, 5.74) is 9.66. The van der Waals surface area contributed by atoms with E-state index in [0.717, 1.165) is 29.1 Å². The van der Waals surface area contributed by atoms with Crippen LogP contribution in [-0.4, -0.2) is 6.10 Å². The lowest BCUT2D eigenvalue weighted by molar-refractivity contribution is 0.242. The maximum atomic E-state index is 5.81. The highest BCUT2D eigenvalue weighted by molar-refractivity contribution is 5.67. The van der Waals surface area contributed by atoms with Crippen LogP contribution in [0, 0.1) is 10.8 Å². The third-order valence-electron chi connectivity index (χ3n) is 8.20. The number of fused-ring (bicyclic) bond motifs is 2. The number of benzene rings is 1. The fraction of sp³-hybridized carbons (Fsp3) is 0.429. The molecule has 0 heterocycles. The summed E-state index contributed by atoms with van der Waals surface area (Å²) in [6.07, 6.45) is 25.3. The summed E-state index contributed by atoms with van der Waals surface area (Å²) < 4.78 is 5.81. The molecule has 1 saturated carbocycles. The first kappa shape index (κ1) is 27.0. The van der Waals surface area contributed by atoms with Crippen LogP contribution in [-0.2, 0) is 0 Å². The van der Waals surface area contributed by atoms with Gasteiger partial charge in [0.05, 0.1) is 6.10 Å². The Morgan fingerprint density at radius 3 is 2.51 bits per heavy atom. The second-order valence-corrected chi connectivity index (χ2v) is 11.1. The van der Waals surface area contributed by atoms with E-state index in [4.69, 9.17) is 4.74 Å². The van der Waals surface area contributed by atoms with Gasteiger partial charge in [-0.05, 0) is 105 Å². The second kappa shape index (κ2) is 11.2. The largest absolute Gasteiger partial charge is 0.491 e. The van der Waals surface area contributed by atoms with Gasteiger partial charge in [-0.1, -0.05) is 76.1 Å². The van der Waals surface area contributed by atoms with Crippen LogP contribution in [0.15, 0.2) is 101 Å². The molecule has 1 N–H and O–H groups in total. The van der Waals surface area contributed by atoms with E-state index in [2.05, 4.69) is 101 Å². The molecule has 0 aliphatic heterocycles. The minimum atomic E-state index is 0. The highest BCUT2D eigenvalue weighted by Crippen LogP contribution is 2.54. The molecule has 0 bridgehead atoms. The van der Waals surface area contributed by atoms with E-state index >= 15 is 0 Å². The summed E-state index contributed by atoms with van der Waals surface area (Å²) >= 11 is 0. The van der Waals surface area contributed by atoms with Gasteiger partial charge in [-0.25, -0.2) is 0 Å². The molecule has 0 amide bonds. The van der Waals surface area contributed by atoms with Gasteiger partial charge in [0, 0.05) is 23.7 Å². The number of rotatable bonds is 6. The summed E-state index contributed by atoms with van der Waals surface area (Å²) in [5.74, 6) is 0.906. The molecule has 198 valence electrons. The molecule has 2 heteroatoms. The summed E-state index contributed by atoms with van der Waals surface area (Å²) in [5, 5.41) is 3.68. The second-order valence-electron chi connectivity index (χ2n) is 11.1. The number of allylic oxidation sites excluding steroid dienone is 12. The fourth-order valence-electron chi connectivity index (χ4n) is 6.00. The Morgan fingerprint density at radius 2 is 1.81 bits per heavy atom. The summed E-state index contributed by atoms with van der Waals surface area (Å²) in [6.45, 7) is 15.0. The van der Waals surface area contributed by atoms with E-state index in [1.54, 1.807) is 5.57 Å². The molecule has 0 spiro atoms. The minimum absolute atomic E-state index is 0. The molecule has 1 aromatic rings. The van der Waals surface area contributed by atoms with E-state index in [-0.39, 0.29) is 18.4 Å². The molecular weight excluding hydrogens is 450 g/mol. The van der Waals surface area contributed by atoms with Gasteiger partial charge in [0.2, 0.25) is 0 Å². The van der Waals surface area contributed by atoms with Crippen molar-refractivity contribution in [2.45, 2.75) is 86.7 Å². The topological polar surface area (TPSA) is 21.3 Å². The van der Waals surface area contributed by atoms with E-state index in [9.17, 15) is 0 Å². The molecule has 2 unspecified atom stereocenters. The molecule has 0 aromatic heterocycles. The van der Waals surface area contributed by atoms with E-state index < -0.39 is 0 Å². The zero-order valence-corrected chi connectivity index (χ0v) is 23.9. The number of hydrogen-bond donors (Lipinski definition) is 1. The Hall–Kier alpha value is -3.00. The van der Waals surface area contributed by atoms with Crippen LogP contribution in [0.1, 0.15) is 87.6 Å². The molecule has 5 rings (SSSR count). The van der Waals surface area contributed by atoms with Crippen LogP contribution in [0.3, 0.4) is 0 Å². The summed E-state index contributed by atoms with van der Waals surface area (Å²) in [4.78, 5) is 0. The highest BCUT2D eigenvalue weighted by atomic mass is 16.5. The standard InChI is InChI=1S/C33H39NO.C2H6.H2/c1-6-31(24-10-13-29(14-11-24)35-23(2)3)34-28-17-20-32(4)19-16-25(21-27(32)22-28)30-15-12-26-9-7-8-18-33(26,30)5;1-2;/h6,10-17,20-23,34H,7-9,18-19H2,1-5H3;1-2H3;1H/b31-6-;;. The van der Waals surface area contributed by atoms with Crippen molar-refractivity contribution >= 4 is 5.70 Å². The van der Waals surface area contributed by atoms with Gasteiger partial charge >= 0.3 is 0 Å². The van der Waals surface area contributed by atoms with Crippen LogP contribution in [0.4, 0.5) is 0 Å². The molecule has 1 aromatic carbocycles. The van der Waals surface area contributed by atoms with Crippen molar-refractivity contribution in [2.75, 3.05) is 0 Å². The Balaban J connectivity index is 0.00000130. The average molecular weight is 498 g/mol. The number of ether oxygens (including phenoxy) is 1. The zero-order valence-electron chi connectivity index (χ0n) is 23.9. The monoisotopic (exact) mass is 497 g/mol. The first-order chi connectivity index (χ1) is 17.8. The smallest absolute Gasteiger partial charge is 0.119 e. The predicted octanol–water partition coefficient (Wildman–Crippen LogP) is 9.86. The van der Waals surface area contributed by atoms with Crippen molar-refractivity contribution in [3.05, 3.63) is 106 Å². The van der Waals surface area contributed by atoms with Gasteiger partial charge in [0.25, 0.3) is 0 Å². The molecule has 2 atom stereocenters. The molecule has 4 aliphatic carbocycles. The molecule has 0 radical (unpaired) electrons. The van der Waals surface area contributed by atoms with Crippen LogP contribution in [0.5, 0.6) is 5.75 Å². The van der Waals surface area contributed by atoms with Gasteiger partial charge in [-0.15, -0.1) is 0 Å². The van der Waals surface area contributed by atoms with E-state index in [1.807, 2.05) is 26.0 Å². The van der Waals surface area contributed by atoms with Crippen molar-refractivity contribution in [3.8, 4) is 5.75 Å². The Morgan fingerprint density at radius 1 is 1.05 bits per heavy atom. The molecule has 0 saturated heterocycles. The first-order valence-corrected chi connectivity index (χ1v) is 14.3. The third kappa shape index (κ3) is 5.49. The highest BCUT2D eigenvalue weighted by Gasteiger charge is 2.40. The number of hydrogen-bond acceptors (Lipinski definition) is 2. The molecule has 4 aliphatic rings. The number of nitrogens with one attached hydrogen (secondary N) is 1. The minimum Gasteiger partial charge on any atom is -0.491 e. The van der Waals surface area contributed by atoms with Crippen LogP contribution >= 0.6 is 0 Å². The SMILES string of the molecule is C/C=C(\NC1=CC2=CC(C3=CC=C4CCCCC43C)=CCC2(C)C=C1)c1ccc(OC(C)C)cc1.CC.[HH].